The summed E-state index contributed by atoms with van der Waals surface area (Å²) in [4.78, 5) is 0. The number of rotatable bonds is 3. The smallest absolute Gasteiger partial charge is 0.187 e. The van der Waals surface area contributed by atoms with Crippen molar-refractivity contribution in [1.29, 1.82) is 0 Å². The summed E-state index contributed by atoms with van der Waals surface area (Å²) in [5.41, 5.74) is 7.97. The normalized spacial score (nSPS) is 10.7. The van der Waals surface area contributed by atoms with Gasteiger partial charge in [-0.05, 0) is 28.6 Å². The average Bonchev–Trinajstić information content (AvgIpc) is 3.07. The van der Waals surface area contributed by atoms with Crippen molar-refractivity contribution >= 4 is 5.69 Å². The lowest BCUT2D eigenvalue weighted by Gasteiger charge is -2.07. The van der Waals surface area contributed by atoms with Crippen molar-refractivity contribution in [3.8, 4) is 22.8 Å². The minimum Gasteiger partial charge on any atom is -0.495 e. The van der Waals surface area contributed by atoms with E-state index in [0.29, 0.717) is 17.3 Å². The molecule has 102 valence electrons. The predicted molar refractivity (Wildman–Crippen MR) is 72.3 cm³/mol. The standard InChI is InChI=1S/C12H13N7O/c1-18-7-9(6-14-18)19-12(15-16-17-19)8-3-4-10(13)11(5-8)20-2/h3-7H,13H2,1-2H3. The number of ether oxygens (including phenoxy) is 1. The lowest BCUT2D eigenvalue weighted by molar-refractivity contribution is 0.417. The molecule has 0 saturated heterocycles. The van der Waals surface area contributed by atoms with Crippen molar-refractivity contribution in [2.45, 2.75) is 0 Å². The molecule has 0 bridgehead atoms. The highest BCUT2D eigenvalue weighted by Crippen LogP contribution is 2.28. The molecule has 0 aliphatic rings. The Kier molecular flexibility index (Phi) is 2.82. The van der Waals surface area contributed by atoms with E-state index in [1.165, 1.54) is 0 Å². The molecule has 2 heterocycles. The number of nitrogens with two attached hydrogens (primary N) is 1. The average molecular weight is 271 g/mol. The largest absolute Gasteiger partial charge is 0.495 e. The molecule has 3 aromatic rings. The second-order valence-corrected chi connectivity index (χ2v) is 4.24. The maximum atomic E-state index is 5.81. The van der Waals surface area contributed by atoms with Crippen LogP contribution in [0.25, 0.3) is 17.1 Å². The summed E-state index contributed by atoms with van der Waals surface area (Å²) in [6.07, 6.45) is 3.52. The first-order chi connectivity index (χ1) is 9.69. The highest BCUT2D eigenvalue weighted by Gasteiger charge is 2.13. The van der Waals surface area contributed by atoms with E-state index in [2.05, 4.69) is 20.6 Å². The Morgan fingerprint density at radius 2 is 2.15 bits per heavy atom. The highest BCUT2D eigenvalue weighted by atomic mass is 16.5. The fourth-order valence-corrected chi connectivity index (χ4v) is 1.91. The van der Waals surface area contributed by atoms with Gasteiger partial charge in [0.05, 0.1) is 25.2 Å². The lowest BCUT2D eigenvalue weighted by Crippen LogP contribution is -1.99. The lowest BCUT2D eigenvalue weighted by atomic mass is 10.2. The van der Waals surface area contributed by atoms with Crippen LogP contribution in [-0.2, 0) is 7.05 Å². The second kappa shape index (κ2) is 4.65. The van der Waals surface area contributed by atoms with Crippen LogP contribution in [0.4, 0.5) is 5.69 Å². The third kappa shape index (κ3) is 1.96. The number of benzene rings is 1. The molecule has 0 aliphatic heterocycles. The fourth-order valence-electron chi connectivity index (χ4n) is 1.91. The quantitative estimate of drug-likeness (QED) is 0.703. The zero-order valence-corrected chi connectivity index (χ0v) is 11.1. The van der Waals surface area contributed by atoms with Crippen LogP contribution in [0, 0.1) is 0 Å². The molecule has 0 atom stereocenters. The summed E-state index contributed by atoms with van der Waals surface area (Å²) in [5.74, 6) is 1.18. The first-order valence-corrected chi connectivity index (χ1v) is 5.90. The number of aryl methyl sites for hydroxylation is 1. The van der Waals surface area contributed by atoms with E-state index in [1.54, 1.807) is 34.8 Å². The maximum absolute atomic E-state index is 5.81. The van der Waals surface area contributed by atoms with E-state index in [-0.39, 0.29) is 0 Å². The van der Waals surface area contributed by atoms with Crippen LogP contribution < -0.4 is 10.5 Å². The van der Waals surface area contributed by atoms with Gasteiger partial charge in [-0.3, -0.25) is 4.68 Å². The molecule has 0 fully saturated rings. The first-order valence-electron chi connectivity index (χ1n) is 5.90. The van der Waals surface area contributed by atoms with Crippen LogP contribution in [0.5, 0.6) is 5.75 Å². The molecule has 0 amide bonds. The summed E-state index contributed by atoms with van der Waals surface area (Å²) in [7, 11) is 3.40. The van der Waals surface area contributed by atoms with Crippen molar-refractivity contribution in [3.63, 3.8) is 0 Å². The summed E-state index contributed by atoms with van der Waals surface area (Å²) >= 11 is 0. The van der Waals surface area contributed by atoms with Crippen LogP contribution in [0.3, 0.4) is 0 Å². The molecular weight excluding hydrogens is 258 g/mol. The van der Waals surface area contributed by atoms with E-state index in [9.17, 15) is 0 Å². The van der Waals surface area contributed by atoms with Gasteiger partial charge >= 0.3 is 0 Å². The van der Waals surface area contributed by atoms with Gasteiger partial charge in [-0.25, -0.2) is 0 Å². The molecule has 1 aromatic carbocycles. The van der Waals surface area contributed by atoms with Crippen molar-refractivity contribution in [2.24, 2.45) is 7.05 Å². The molecule has 20 heavy (non-hydrogen) atoms. The molecule has 2 N–H and O–H groups in total. The molecular formula is C12H13N7O. The van der Waals surface area contributed by atoms with Crippen LogP contribution in [0.15, 0.2) is 30.6 Å². The van der Waals surface area contributed by atoms with E-state index in [0.717, 1.165) is 11.3 Å². The van der Waals surface area contributed by atoms with Gasteiger partial charge in [-0.1, -0.05) is 0 Å². The minimum atomic E-state index is 0.566. The van der Waals surface area contributed by atoms with E-state index in [1.807, 2.05) is 19.3 Å². The molecule has 8 heteroatoms. The molecule has 3 rings (SSSR count). The van der Waals surface area contributed by atoms with Crippen molar-refractivity contribution in [1.82, 2.24) is 30.0 Å². The van der Waals surface area contributed by atoms with Crippen molar-refractivity contribution in [2.75, 3.05) is 12.8 Å². The monoisotopic (exact) mass is 271 g/mol. The number of aromatic nitrogens is 6. The minimum absolute atomic E-state index is 0.566. The van der Waals surface area contributed by atoms with Crippen molar-refractivity contribution < 1.29 is 4.74 Å². The number of anilines is 1. The summed E-state index contributed by atoms with van der Waals surface area (Å²) in [5, 5.41) is 15.9. The zero-order valence-electron chi connectivity index (χ0n) is 11.1. The number of tetrazole rings is 1. The molecule has 0 aliphatic carbocycles. The Hall–Kier alpha value is -2.90. The maximum Gasteiger partial charge on any atom is 0.187 e. The van der Waals surface area contributed by atoms with Gasteiger partial charge < -0.3 is 10.5 Å². The number of nitrogen functional groups attached to an aromatic ring is 1. The van der Waals surface area contributed by atoms with Gasteiger partial charge in [0.1, 0.15) is 11.4 Å². The molecule has 0 spiro atoms. The van der Waals surface area contributed by atoms with Gasteiger partial charge in [0, 0.05) is 12.6 Å². The number of hydrogen-bond donors (Lipinski definition) is 1. The molecule has 0 radical (unpaired) electrons. The Labute approximate surface area is 114 Å². The number of nitrogens with zero attached hydrogens (tertiary/aromatic N) is 6. The van der Waals surface area contributed by atoms with Gasteiger partial charge in [-0.2, -0.15) is 9.78 Å². The van der Waals surface area contributed by atoms with Gasteiger partial charge in [-0.15, -0.1) is 5.10 Å². The Morgan fingerprint density at radius 3 is 2.85 bits per heavy atom. The Balaban J connectivity index is 2.10. The van der Waals surface area contributed by atoms with E-state index in [4.69, 9.17) is 10.5 Å². The first kappa shape index (κ1) is 12.2. The topological polar surface area (TPSA) is 96.7 Å². The van der Waals surface area contributed by atoms with Gasteiger partial charge in [0.15, 0.2) is 5.82 Å². The highest BCUT2D eigenvalue weighted by molar-refractivity contribution is 5.66. The Morgan fingerprint density at radius 1 is 1.30 bits per heavy atom. The summed E-state index contributed by atoms with van der Waals surface area (Å²) in [6, 6.07) is 5.40. The van der Waals surface area contributed by atoms with Gasteiger partial charge in [0.25, 0.3) is 0 Å². The van der Waals surface area contributed by atoms with Gasteiger partial charge in [0.2, 0.25) is 0 Å². The summed E-state index contributed by atoms with van der Waals surface area (Å²) in [6.45, 7) is 0. The van der Waals surface area contributed by atoms with Crippen LogP contribution in [0.2, 0.25) is 0 Å². The SMILES string of the molecule is COc1cc(-c2nnnn2-c2cnn(C)c2)ccc1N. The second-order valence-electron chi connectivity index (χ2n) is 4.24. The molecule has 2 aromatic heterocycles. The van der Waals surface area contributed by atoms with Crippen LogP contribution >= 0.6 is 0 Å². The third-order valence-corrected chi connectivity index (χ3v) is 2.90. The Bertz CT molecular complexity index is 746. The van der Waals surface area contributed by atoms with E-state index >= 15 is 0 Å². The predicted octanol–water partition coefficient (Wildman–Crippen LogP) is 0.654. The summed E-state index contributed by atoms with van der Waals surface area (Å²) < 4.78 is 8.51. The molecule has 0 saturated carbocycles. The molecule has 0 unspecified atom stereocenters. The van der Waals surface area contributed by atoms with Crippen LogP contribution in [-0.4, -0.2) is 37.1 Å². The van der Waals surface area contributed by atoms with Crippen LogP contribution in [0.1, 0.15) is 0 Å². The zero-order chi connectivity index (χ0) is 14.1. The number of hydrogen-bond acceptors (Lipinski definition) is 6. The number of methoxy groups -OCH3 is 1. The van der Waals surface area contributed by atoms with E-state index < -0.39 is 0 Å². The van der Waals surface area contributed by atoms with Crippen molar-refractivity contribution in [3.05, 3.63) is 30.6 Å². The fraction of sp³-hybridized carbons (Fsp3) is 0.167. The molecule has 8 nitrogen and oxygen atoms in total. The third-order valence-electron chi connectivity index (χ3n) is 2.90.